The van der Waals surface area contributed by atoms with E-state index in [0.29, 0.717) is 17.6 Å². The van der Waals surface area contributed by atoms with Crippen LogP contribution in [0.4, 0.5) is 4.39 Å². The topological polar surface area (TPSA) is 21.3 Å². The summed E-state index contributed by atoms with van der Waals surface area (Å²) in [5.41, 5.74) is 0. The predicted octanol–water partition coefficient (Wildman–Crippen LogP) is 3.76. The van der Waals surface area contributed by atoms with Gasteiger partial charge in [-0.15, -0.1) is 0 Å². The summed E-state index contributed by atoms with van der Waals surface area (Å²) in [6, 6.07) is 6.59. The highest BCUT2D eigenvalue weighted by Gasteiger charge is 2.34. The van der Waals surface area contributed by atoms with E-state index in [4.69, 9.17) is 4.74 Å². The minimum absolute atomic E-state index is 0.213. The maximum Gasteiger partial charge on any atom is 0.126 e. The van der Waals surface area contributed by atoms with Crippen molar-refractivity contribution in [1.29, 1.82) is 0 Å². The number of nitrogens with one attached hydrogen (secondary N) is 1. The van der Waals surface area contributed by atoms with Crippen molar-refractivity contribution in [2.45, 2.75) is 44.6 Å². The number of hydrogen-bond acceptors (Lipinski definition) is 2. The third-order valence-electron chi connectivity index (χ3n) is 4.75. The van der Waals surface area contributed by atoms with Crippen LogP contribution in [0.1, 0.15) is 38.5 Å². The molecule has 0 amide bonds. The normalized spacial score (nSPS) is 25.6. The van der Waals surface area contributed by atoms with Crippen molar-refractivity contribution in [3.8, 4) is 5.75 Å². The second-order valence-corrected chi connectivity index (χ2v) is 6.19. The van der Waals surface area contributed by atoms with Gasteiger partial charge in [0.1, 0.15) is 17.7 Å². The molecule has 2 fully saturated rings. The maximum atomic E-state index is 13.3. The number of halogens is 1. The molecule has 3 rings (SSSR count). The predicted molar refractivity (Wildman–Crippen MR) is 78.4 cm³/mol. The van der Waals surface area contributed by atoms with Crippen LogP contribution in [0.2, 0.25) is 0 Å². The van der Waals surface area contributed by atoms with E-state index in [9.17, 15) is 4.39 Å². The number of hydrogen-bond donors (Lipinski definition) is 1. The highest BCUT2D eigenvalue weighted by Crippen LogP contribution is 2.34. The molecule has 1 heterocycles. The van der Waals surface area contributed by atoms with E-state index in [1.54, 1.807) is 6.07 Å². The van der Waals surface area contributed by atoms with Crippen LogP contribution < -0.4 is 10.1 Å². The summed E-state index contributed by atoms with van der Waals surface area (Å²) in [4.78, 5) is 0. The van der Waals surface area contributed by atoms with Crippen LogP contribution in [0, 0.1) is 17.7 Å². The van der Waals surface area contributed by atoms with Crippen LogP contribution in [0.15, 0.2) is 24.3 Å². The van der Waals surface area contributed by atoms with Gasteiger partial charge >= 0.3 is 0 Å². The third-order valence-corrected chi connectivity index (χ3v) is 4.75. The standard InChI is InChI=1S/C17H24FNO/c18-15-7-4-8-16(11-15)20-17(14-9-10-19-12-14)13-5-2-1-3-6-13/h4,7-8,11,13-14,17,19H,1-3,5-6,9-10,12H2/t14?,17-/m1/s1. The Balaban J connectivity index is 1.73. The average Bonchev–Trinajstić information content (AvgIpc) is 3.00. The van der Waals surface area contributed by atoms with Crippen molar-refractivity contribution in [2.24, 2.45) is 11.8 Å². The zero-order valence-electron chi connectivity index (χ0n) is 12.0. The lowest BCUT2D eigenvalue weighted by Gasteiger charge is -2.34. The van der Waals surface area contributed by atoms with Crippen LogP contribution in [-0.2, 0) is 0 Å². The van der Waals surface area contributed by atoms with E-state index in [1.807, 2.05) is 6.07 Å². The first kappa shape index (κ1) is 13.9. The molecule has 1 aromatic rings. The van der Waals surface area contributed by atoms with Crippen molar-refractivity contribution < 1.29 is 9.13 Å². The van der Waals surface area contributed by atoms with Gasteiger partial charge in [0, 0.05) is 18.5 Å². The zero-order chi connectivity index (χ0) is 13.8. The van der Waals surface area contributed by atoms with Crippen LogP contribution in [-0.4, -0.2) is 19.2 Å². The monoisotopic (exact) mass is 277 g/mol. The lowest BCUT2D eigenvalue weighted by Crippen LogP contribution is -2.37. The highest BCUT2D eigenvalue weighted by molar-refractivity contribution is 5.23. The summed E-state index contributed by atoms with van der Waals surface area (Å²) in [5.74, 6) is 1.68. The highest BCUT2D eigenvalue weighted by atomic mass is 19.1. The molecule has 20 heavy (non-hydrogen) atoms. The minimum atomic E-state index is -0.213. The third kappa shape index (κ3) is 3.32. The van der Waals surface area contributed by atoms with Gasteiger partial charge in [-0.05, 0) is 43.9 Å². The van der Waals surface area contributed by atoms with E-state index < -0.39 is 0 Å². The van der Waals surface area contributed by atoms with Gasteiger partial charge in [0.2, 0.25) is 0 Å². The summed E-state index contributed by atoms with van der Waals surface area (Å²) < 4.78 is 19.6. The lowest BCUT2D eigenvalue weighted by molar-refractivity contribution is 0.0619. The molecule has 1 unspecified atom stereocenters. The number of rotatable bonds is 4. The summed E-state index contributed by atoms with van der Waals surface area (Å²) in [5, 5.41) is 3.43. The molecule has 2 aliphatic rings. The molecule has 2 nitrogen and oxygen atoms in total. The van der Waals surface area contributed by atoms with Crippen LogP contribution in [0.3, 0.4) is 0 Å². The first-order valence-electron chi connectivity index (χ1n) is 7.96. The Bertz CT molecular complexity index is 425. The maximum absolute atomic E-state index is 13.3. The Hall–Kier alpha value is -1.09. The Labute approximate surface area is 120 Å². The van der Waals surface area contributed by atoms with Crippen molar-refractivity contribution in [3.63, 3.8) is 0 Å². The van der Waals surface area contributed by atoms with Gasteiger partial charge in [-0.3, -0.25) is 0 Å². The largest absolute Gasteiger partial charge is 0.490 e. The lowest BCUT2D eigenvalue weighted by atomic mass is 9.80. The van der Waals surface area contributed by atoms with Gasteiger partial charge in [-0.25, -0.2) is 4.39 Å². The zero-order valence-corrected chi connectivity index (χ0v) is 12.0. The average molecular weight is 277 g/mol. The Kier molecular flexibility index (Phi) is 4.56. The molecule has 1 aliphatic heterocycles. The molecule has 1 aromatic carbocycles. The van der Waals surface area contributed by atoms with Gasteiger partial charge in [0.25, 0.3) is 0 Å². The molecule has 3 heteroatoms. The summed E-state index contributed by atoms with van der Waals surface area (Å²) >= 11 is 0. The van der Waals surface area contributed by atoms with E-state index in [1.165, 1.54) is 50.7 Å². The smallest absolute Gasteiger partial charge is 0.126 e. The van der Waals surface area contributed by atoms with Gasteiger partial charge in [-0.1, -0.05) is 25.3 Å². The number of benzene rings is 1. The summed E-state index contributed by atoms with van der Waals surface area (Å²) in [6.07, 6.45) is 7.92. The van der Waals surface area contributed by atoms with E-state index in [0.717, 1.165) is 13.1 Å². The SMILES string of the molecule is Fc1cccc(O[C@H](C2CCCCC2)C2CCNC2)c1. The molecule has 0 bridgehead atoms. The molecule has 0 aromatic heterocycles. The molecule has 1 aliphatic carbocycles. The molecule has 2 atom stereocenters. The second-order valence-electron chi connectivity index (χ2n) is 6.19. The first-order valence-corrected chi connectivity index (χ1v) is 7.96. The summed E-state index contributed by atoms with van der Waals surface area (Å²) in [7, 11) is 0. The first-order chi connectivity index (χ1) is 9.83. The molecule has 1 saturated heterocycles. The quantitative estimate of drug-likeness (QED) is 0.904. The fourth-order valence-corrected chi connectivity index (χ4v) is 3.69. The molecule has 0 spiro atoms. The van der Waals surface area contributed by atoms with Gasteiger partial charge < -0.3 is 10.1 Å². The van der Waals surface area contributed by atoms with Gasteiger partial charge in [-0.2, -0.15) is 0 Å². The van der Waals surface area contributed by atoms with E-state index >= 15 is 0 Å². The number of ether oxygens (including phenoxy) is 1. The minimum Gasteiger partial charge on any atom is -0.490 e. The summed E-state index contributed by atoms with van der Waals surface area (Å²) in [6.45, 7) is 2.12. The van der Waals surface area contributed by atoms with Crippen molar-refractivity contribution in [3.05, 3.63) is 30.1 Å². The molecule has 110 valence electrons. The Morgan fingerprint density at radius 1 is 1.10 bits per heavy atom. The molecule has 0 radical (unpaired) electrons. The Morgan fingerprint density at radius 2 is 1.95 bits per heavy atom. The molecule has 1 N–H and O–H groups in total. The van der Waals surface area contributed by atoms with E-state index in [-0.39, 0.29) is 11.9 Å². The molecule has 1 saturated carbocycles. The van der Waals surface area contributed by atoms with E-state index in [2.05, 4.69) is 5.32 Å². The van der Waals surface area contributed by atoms with Crippen molar-refractivity contribution in [1.82, 2.24) is 5.32 Å². The molecular weight excluding hydrogens is 253 g/mol. The second kappa shape index (κ2) is 6.57. The fourth-order valence-electron chi connectivity index (χ4n) is 3.69. The van der Waals surface area contributed by atoms with Crippen LogP contribution >= 0.6 is 0 Å². The van der Waals surface area contributed by atoms with Crippen LogP contribution in [0.5, 0.6) is 5.75 Å². The van der Waals surface area contributed by atoms with Crippen LogP contribution in [0.25, 0.3) is 0 Å². The van der Waals surface area contributed by atoms with Gasteiger partial charge in [0.15, 0.2) is 0 Å². The van der Waals surface area contributed by atoms with Crippen molar-refractivity contribution in [2.75, 3.05) is 13.1 Å². The Morgan fingerprint density at radius 3 is 2.65 bits per heavy atom. The molecular formula is C17H24FNO. The fraction of sp³-hybridized carbons (Fsp3) is 0.647. The van der Waals surface area contributed by atoms with Crippen molar-refractivity contribution >= 4 is 0 Å². The van der Waals surface area contributed by atoms with Gasteiger partial charge in [0.05, 0.1) is 0 Å².